The Morgan fingerprint density at radius 2 is 0.982 bits per heavy atom. The third-order valence-electron chi connectivity index (χ3n) is 10.9. The maximum Gasteiger partial charge on any atom is 0.164 e. The van der Waals surface area contributed by atoms with E-state index < -0.39 is 0 Å². The van der Waals surface area contributed by atoms with Crippen LogP contribution in [0.25, 0.3) is 107 Å². The average molecular weight is 719 g/mol. The molecule has 0 saturated carbocycles. The molecule has 1 aliphatic carbocycles. The quantitative estimate of drug-likeness (QED) is 0.172. The van der Waals surface area contributed by atoms with Gasteiger partial charge in [0.25, 0.3) is 0 Å². The predicted octanol–water partition coefficient (Wildman–Crippen LogP) is 11.4. The van der Waals surface area contributed by atoms with Crippen molar-refractivity contribution < 1.29 is 4.42 Å². The number of fused-ring (bicyclic) bond motifs is 6. The molecule has 0 bridgehead atoms. The highest BCUT2D eigenvalue weighted by molar-refractivity contribution is 6.12. The van der Waals surface area contributed by atoms with E-state index in [2.05, 4.69) is 150 Å². The summed E-state index contributed by atoms with van der Waals surface area (Å²) in [5.74, 6) is 1.94. The van der Waals surface area contributed by atoms with Crippen LogP contribution >= 0.6 is 0 Å². The Morgan fingerprint density at radius 1 is 0.429 bits per heavy atom. The summed E-state index contributed by atoms with van der Waals surface area (Å²) in [6.07, 6.45) is 6.64. The first-order chi connectivity index (χ1) is 27.8. The topological polar surface area (TPSA) is 56.7 Å². The van der Waals surface area contributed by atoms with Gasteiger partial charge >= 0.3 is 0 Å². The van der Waals surface area contributed by atoms with Gasteiger partial charge < -0.3 is 8.98 Å². The minimum absolute atomic E-state index is 0.645. The third kappa shape index (κ3) is 5.28. The zero-order valence-electron chi connectivity index (χ0n) is 30.4. The first kappa shape index (κ1) is 32.1. The van der Waals surface area contributed by atoms with Crippen molar-refractivity contribution in [2.45, 2.75) is 12.8 Å². The summed E-state index contributed by atoms with van der Waals surface area (Å²) in [5, 5.41) is 5.65. The Kier molecular flexibility index (Phi) is 7.56. The fourth-order valence-electron chi connectivity index (χ4n) is 8.32. The van der Waals surface area contributed by atoms with Crippen LogP contribution in [0.5, 0.6) is 0 Å². The number of rotatable bonds is 6. The fourth-order valence-corrected chi connectivity index (χ4v) is 8.32. The van der Waals surface area contributed by atoms with Crippen molar-refractivity contribution in [3.8, 4) is 62.1 Å². The average Bonchev–Trinajstić information content (AvgIpc) is 3.83. The summed E-state index contributed by atoms with van der Waals surface area (Å²) in [6.45, 7) is 0. The van der Waals surface area contributed by atoms with E-state index in [0.717, 1.165) is 84.5 Å². The van der Waals surface area contributed by atoms with E-state index >= 15 is 0 Å². The van der Waals surface area contributed by atoms with Crippen LogP contribution in [0.15, 0.2) is 174 Å². The van der Waals surface area contributed by atoms with E-state index in [4.69, 9.17) is 19.4 Å². The Bertz CT molecular complexity index is 3180. The largest absolute Gasteiger partial charge is 0.453 e. The van der Waals surface area contributed by atoms with E-state index in [-0.39, 0.29) is 0 Å². The summed E-state index contributed by atoms with van der Waals surface area (Å²) in [7, 11) is 0. The second-order valence-electron chi connectivity index (χ2n) is 14.2. The Labute approximate surface area is 323 Å². The molecule has 0 radical (unpaired) electrons. The molecule has 0 unspecified atom stereocenters. The van der Waals surface area contributed by atoms with Crippen LogP contribution in [0.4, 0.5) is 0 Å². The van der Waals surface area contributed by atoms with Gasteiger partial charge in [-0.25, -0.2) is 15.0 Å². The van der Waals surface area contributed by atoms with Crippen molar-refractivity contribution in [3.05, 3.63) is 180 Å². The lowest BCUT2D eigenvalue weighted by Crippen LogP contribution is -2.30. The van der Waals surface area contributed by atoms with Crippen molar-refractivity contribution >= 4 is 45.0 Å². The van der Waals surface area contributed by atoms with Crippen LogP contribution in [-0.4, -0.2) is 19.5 Å². The Balaban J connectivity index is 1.13. The molecule has 10 aromatic rings. The van der Waals surface area contributed by atoms with E-state index in [9.17, 15) is 0 Å². The minimum Gasteiger partial charge on any atom is -0.453 e. The lowest BCUT2D eigenvalue weighted by Gasteiger charge is -2.10. The molecule has 0 N–H and O–H groups in total. The molecular formula is C51H34N4O. The van der Waals surface area contributed by atoms with Gasteiger partial charge in [0.05, 0.1) is 11.2 Å². The van der Waals surface area contributed by atoms with Crippen LogP contribution < -0.4 is 10.6 Å². The molecular weight excluding hydrogens is 685 g/mol. The molecule has 1 aliphatic rings. The third-order valence-corrected chi connectivity index (χ3v) is 10.9. The molecule has 0 amide bonds. The van der Waals surface area contributed by atoms with Gasteiger partial charge in [0.2, 0.25) is 0 Å². The number of benzene rings is 7. The van der Waals surface area contributed by atoms with Crippen molar-refractivity contribution in [2.75, 3.05) is 0 Å². The van der Waals surface area contributed by atoms with E-state index in [1.54, 1.807) is 0 Å². The lowest BCUT2D eigenvalue weighted by molar-refractivity contribution is 0.666. The van der Waals surface area contributed by atoms with Crippen LogP contribution in [0.1, 0.15) is 12.8 Å². The highest BCUT2D eigenvalue weighted by atomic mass is 16.3. The summed E-state index contributed by atoms with van der Waals surface area (Å²) in [5.41, 5.74) is 11.2. The van der Waals surface area contributed by atoms with Gasteiger partial charge in [-0.05, 0) is 47.7 Å². The number of furan rings is 1. The van der Waals surface area contributed by atoms with Gasteiger partial charge in [0, 0.05) is 49.0 Å². The van der Waals surface area contributed by atoms with E-state index in [1.807, 2.05) is 36.4 Å². The van der Waals surface area contributed by atoms with Crippen molar-refractivity contribution in [2.24, 2.45) is 0 Å². The van der Waals surface area contributed by atoms with Gasteiger partial charge in [-0.1, -0.05) is 164 Å². The normalized spacial score (nSPS) is 12.4. The standard InChI is InChI=1S/C51H34N4O/c1-4-16-33(17-5-1)36-22-12-23-37(32-36)38-25-13-26-39-40-27-14-31-45(48(40)56-47(38)39)55-43-29-11-10-24-41(43)46-42(28-15-30-44(46)55)51-53-49(34-18-6-2-7-19-34)52-50(54-51)35-20-8-3-9-21-35/h1-9,12-32H,10-11H2. The number of hydrogen-bond donors (Lipinski definition) is 0. The van der Waals surface area contributed by atoms with Gasteiger partial charge in [0.15, 0.2) is 23.1 Å². The molecule has 56 heavy (non-hydrogen) atoms. The van der Waals surface area contributed by atoms with Crippen LogP contribution in [0.3, 0.4) is 0 Å². The Morgan fingerprint density at radius 3 is 1.71 bits per heavy atom. The first-order valence-electron chi connectivity index (χ1n) is 19.1. The zero-order valence-corrected chi connectivity index (χ0v) is 30.4. The highest BCUT2D eigenvalue weighted by Gasteiger charge is 2.22. The number of para-hydroxylation sites is 2. The summed E-state index contributed by atoms with van der Waals surface area (Å²) >= 11 is 0. The number of aromatic nitrogens is 4. The maximum absolute atomic E-state index is 7.04. The zero-order chi connectivity index (χ0) is 37.0. The smallest absolute Gasteiger partial charge is 0.164 e. The molecule has 3 heterocycles. The van der Waals surface area contributed by atoms with Crippen LogP contribution in [0, 0.1) is 0 Å². The maximum atomic E-state index is 7.04. The molecule has 5 heteroatoms. The summed E-state index contributed by atoms with van der Waals surface area (Å²) < 4.78 is 9.42. The van der Waals surface area contributed by atoms with Gasteiger partial charge in [-0.15, -0.1) is 0 Å². The van der Waals surface area contributed by atoms with Crippen molar-refractivity contribution in [1.29, 1.82) is 0 Å². The van der Waals surface area contributed by atoms with Gasteiger partial charge in [-0.3, -0.25) is 0 Å². The molecule has 11 rings (SSSR count). The molecule has 3 aromatic heterocycles. The molecule has 0 spiro atoms. The second-order valence-corrected chi connectivity index (χ2v) is 14.2. The number of nitrogens with zero attached hydrogens (tertiary/aromatic N) is 4. The monoisotopic (exact) mass is 718 g/mol. The summed E-state index contributed by atoms with van der Waals surface area (Å²) in [6, 6.07) is 59.0. The van der Waals surface area contributed by atoms with E-state index in [1.165, 1.54) is 16.3 Å². The van der Waals surface area contributed by atoms with Crippen LogP contribution in [0.2, 0.25) is 0 Å². The molecule has 0 atom stereocenters. The highest BCUT2D eigenvalue weighted by Crippen LogP contribution is 2.40. The number of hydrogen-bond acceptors (Lipinski definition) is 4. The molecule has 0 saturated heterocycles. The second kappa shape index (κ2) is 13.2. The van der Waals surface area contributed by atoms with Crippen molar-refractivity contribution in [1.82, 2.24) is 19.5 Å². The first-order valence-corrected chi connectivity index (χ1v) is 19.1. The van der Waals surface area contributed by atoms with E-state index in [0.29, 0.717) is 17.5 Å². The van der Waals surface area contributed by atoms with Gasteiger partial charge in [0.1, 0.15) is 5.58 Å². The lowest BCUT2D eigenvalue weighted by atomic mass is 9.98. The molecule has 7 aromatic carbocycles. The Hall–Kier alpha value is -7.37. The fraction of sp³-hybridized carbons (Fsp3) is 0.0392. The van der Waals surface area contributed by atoms with Gasteiger partial charge in [-0.2, -0.15) is 0 Å². The predicted molar refractivity (Wildman–Crippen MR) is 229 cm³/mol. The molecule has 0 fully saturated rings. The minimum atomic E-state index is 0.645. The molecule has 264 valence electrons. The van der Waals surface area contributed by atoms with Crippen LogP contribution in [-0.2, 0) is 0 Å². The SMILES string of the molecule is C1=c2c(n(-c3cccc4c3oc3c(-c5cccc(-c6ccccc6)c5)cccc34)c3cccc(-c4nc(-c5ccccc5)nc(-c5ccccc5)n4)c23)=CCC1. The molecule has 5 nitrogen and oxygen atoms in total. The van der Waals surface area contributed by atoms with Crippen molar-refractivity contribution in [3.63, 3.8) is 0 Å². The summed E-state index contributed by atoms with van der Waals surface area (Å²) in [4.78, 5) is 15.3. The molecule has 0 aliphatic heterocycles.